The van der Waals surface area contributed by atoms with Gasteiger partial charge in [0.25, 0.3) is 11.5 Å². The molecule has 1 amide bonds. The Morgan fingerprint density at radius 3 is 2.56 bits per heavy atom. The van der Waals surface area contributed by atoms with Crippen LogP contribution in [0, 0.1) is 6.92 Å². The van der Waals surface area contributed by atoms with E-state index in [2.05, 4.69) is 32.4 Å². The van der Waals surface area contributed by atoms with Crippen molar-refractivity contribution in [2.24, 2.45) is 0 Å². The van der Waals surface area contributed by atoms with Crippen LogP contribution < -0.4 is 16.6 Å². The molecule has 1 aromatic carbocycles. The summed E-state index contributed by atoms with van der Waals surface area (Å²) >= 11 is 0. The third-order valence-electron chi connectivity index (χ3n) is 4.47. The van der Waals surface area contributed by atoms with E-state index in [9.17, 15) is 14.4 Å². The van der Waals surface area contributed by atoms with Gasteiger partial charge in [-0.05, 0) is 50.8 Å². The Hall–Kier alpha value is -3.22. The molecule has 0 aliphatic rings. The molecule has 2 aromatic heterocycles. The maximum Gasteiger partial charge on any atom is 0.327 e. The Morgan fingerprint density at radius 1 is 1.15 bits per heavy atom. The van der Waals surface area contributed by atoms with Crippen LogP contribution in [0.4, 0.5) is 0 Å². The minimum atomic E-state index is -0.653. The van der Waals surface area contributed by atoms with Crippen molar-refractivity contribution in [1.82, 2.24) is 20.3 Å². The standard InChI is InChI=1S/C20H22N4O3/c1-12-11-14(21-16-15(12)18(26)23-19(27)22-16)17(25)24-20(2,3)10-9-13-7-5-4-6-8-13/h4-8,11H,9-10H2,1-3H3,(H,24,25)(H2,21,22,23,26,27). The molecular weight excluding hydrogens is 344 g/mol. The summed E-state index contributed by atoms with van der Waals surface area (Å²) in [4.78, 5) is 44.9. The number of nitrogens with zero attached hydrogens (tertiary/aromatic N) is 1. The molecule has 0 fully saturated rings. The van der Waals surface area contributed by atoms with Crippen molar-refractivity contribution in [1.29, 1.82) is 0 Å². The van der Waals surface area contributed by atoms with Crippen LogP contribution in [0.2, 0.25) is 0 Å². The summed E-state index contributed by atoms with van der Waals surface area (Å²) in [5, 5.41) is 3.26. The van der Waals surface area contributed by atoms with Crippen molar-refractivity contribution < 1.29 is 4.79 Å². The van der Waals surface area contributed by atoms with Crippen molar-refractivity contribution >= 4 is 16.9 Å². The van der Waals surface area contributed by atoms with Gasteiger partial charge in [0.05, 0.1) is 5.39 Å². The second kappa shape index (κ2) is 7.19. The molecular formula is C20H22N4O3. The van der Waals surface area contributed by atoms with Gasteiger partial charge in [-0.3, -0.25) is 19.6 Å². The van der Waals surface area contributed by atoms with E-state index in [1.165, 1.54) is 5.56 Å². The van der Waals surface area contributed by atoms with Crippen LogP contribution in [0.15, 0.2) is 46.0 Å². The zero-order valence-electron chi connectivity index (χ0n) is 15.6. The summed E-state index contributed by atoms with van der Waals surface area (Å²) in [5.41, 5.74) is 0.430. The van der Waals surface area contributed by atoms with Gasteiger partial charge in [0.1, 0.15) is 11.3 Å². The Bertz CT molecular complexity index is 1100. The lowest BCUT2D eigenvalue weighted by Gasteiger charge is -2.26. The average molecular weight is 366 g/mol. The number of amides is 1. The molecule has 0 saturated carbocycles. The lowest BCUT2D eigenvalue weighted by atomic mass is 9.95. The summed E-state index contributed by atoms with van der Waals surface area (Å²) in [6, 6.07) is 11.6. The molecule has 2 heterocycles. The average Bonchev–Trinajstić information content (AvgIpc) is 2.59. The van der Waals surface area contributed by atoms with E-state index in [0.29, 0.717) is 5.56 Å². The van der Waals surface area contributed by atoms with Crippen LogP contribution in [0.5, 0.6) is 0 Å². The fourth-order valence-corrected chi connectivity index (χ4v) is 3.01. The number of aryl methyl sites for hydroxylation is 2. The predicted molar refractivity (Wildman–Crippen MR) is 104 cm³/mol. The number of hydrogen-bond acceptors (Lipinski definition) is 4. The lowest BCUT2D eigenvalue weighted by molar-refractivity contribution is 0.0904. The largest absolute Gasteiger partial charge is 0.346 e. The fraction of sp³-hybridized carbons (Fsp3) is 0.300. The molecule has 0 aliphatic carbocycles. The molecule has 0 saturated heterocycles. The SMILES string of the molecule is Cc1cc(C(=O)NC(C)(C)CCc2ccccc2)nc2[nH]c(=O)[nH]c(=O)c12. The van der Waals surface area contributed by atoms with Crippen LogP contribution in [0.1, 0.15) is 41.9 Å². The van der Waals surface area contributed by atoms with Gasteiger partial charge in [0.15, 0.2) is 0 Å². The number of pyridine rings is 1. The number of fused-ring (bicyclic) bond motifs is 1. The number of aromatic amines is 2. The molecule has 7 heteroatoms. The van der Waals surface area contributed by atoms with E-state index in [0.717, 1.165) is 12.8 Å². The third kappa shape index (κ3) is 4.31. The molecule has 3 N–H and O–H groups in total. The van der Waals surface area contributed by atoms with Crippen LogP contribution in [0.3, 0.4) is 0 Å². The second-order valence-corrected chi connectivity index (χ2v) is 7.28. The molecule has 140 valence electrons. The van der Waals surface area contributed by atoms with Gasteiger partial charge in [0.2, 0.25) is 0 Å². The van der Waals surface area contributed by atoms with Gasteiger partial charge in [-0.2, -0.15) is 0 Å². The van der Waals surface area contributed by atoms with Gasteiger partial charge >= 0.3 is 5.69 Å². The highest BCUT2D eigenvalue weighted by Crippen LogP contribution is 2.16. The van der Waals surface area contributed by atoms with Crippen molar-refractivity contribution in [3.8, 4) is 0 Å². The van der Waals surface area contributed by atoms with E-state index in [1.807, 2.05) is 32.0 Å². The quantitative estimate of drug-likeness (QED) is 0.642. The highest BCUT2D eigenvalue weighted by atomic mass is 16.2. The first kappa shape index (κ1) is 18.6. The number of benzene rings is 1. The van der Waals surface area contributed by atoms with E-state index in [1.54, 1.807) is 13.0 Å². The minimum Gasteiger partial charge on any atom is -0.346 e. The summed E-state index contributed by atoms with van der Waals surface area (Å²) in [5.74, 6) is -0.348. The third-order valence-corrected chi connectivity index (χ3v) is 4.47. The molecule has 3 rings (SSSR count). The number of carbonyl (C=O) groups is 1. The van der Waals surface area contributed by atoms with E-state index in [-0.39, 0.29) is 22.6 Å². The molecule has 27 heavy (non-hydrogen) atoms. The first-order valence-corrected chi connectivity index (χ1v) is 8.75. The van der Waals surface area contributed by atoms with Crippen LogP contribution >= 0.6 is 0 Å². The highest BCUT2D eigenvalue weighted by molar-refractivity contribution is 5.95. The molecule has 0 atom stereocenters. The smallest absolute Gasteiger partial charge is 0.327 e. The molecule has 0 radical (unpaired) electrons. The number of rotatable bonds is 5. The fourth-order valence-electron chi connectivity index (χ4n) is 3.01. The van der Waals surface area contributed by atoms with Crippen molar-refractivity contribution in [3.05, 3.63) is 74.1 Å². The molecule has 0 bridgehead atoms. The van der Waals surface area contributed by atoms with Gasteiger partial charge in [-0.1, -0.05) is 30.3 Å². The maximum atomic E-state index is 12.7. The zero-order valence-corrected chi connectivity index (χ0v) is 15.6. The maximum absolute atomic E-state index is 12.7. The molecule has 7 nitrogen and oxygen atoms in total. The van der Waals surface area contributed by atoms with Crippen molar-refractivity contribution in [2.45, 2.75) is 39.2 Å². The number of aromatic nitrogens is 3. The topological polar surface area (TPSA) is 108 Å². The van der Waals surface area contributed by atoms with Crippen LogP contribution in [0.25, 0.3) is 11.0 Å². The van der Waals surface area contributed by atoms with Gasteiger partial charge < -0.3 is 5.32 Å². The van der Waals surface area contributed by atoms with E-state index in [4.69, 9.17) is 0 Å². The summed E-state index contributed by atoms with van der Waals surface area (Å²) in [7, 11) is 0. The summed E-state index contributed by atoms with van der Waals surface area (Å²) in [6.45, 7) is 5.61. The minimum absolute atomic E-state index is 0.107. The highest BCUT2D eigenvalue weighted by Gasteiger charge is 2.22. The normalized spacial score (nSPS) is 11.5. The Kier molecular flexibility index (Phi) is 4.94. The van der Waals surface area contributed by atoms with Crippen molar-refractivity contribution in [3.63, 3.8) is 0 Å². The Labute approximate surface area is 155 Å². The van der Waals surface area contributed by atoms with Gasteiger partial charge in [0, 0.05) is 5.54 Å². The first-order valence-electron chi connectivity index (χ1n) is 8.75. The zero-order chi connectivity index (χ0) is 19.6. The second-order valence-electron chi connectivity index (χ2n) is 7.28. The molecule has 3 aromatic rings. The van der Waals surface area contributed by atoms with E-state index >= 15 is 0 Å². The van der Waals surface area contributed by atoms with Gasteiger partial charge in [-0.15, -0.1) is 0 Å². The van der Waals surface area contributed by atoms with Gasteiger partial charge in [-0.25, -0.2) is 9.78 Å². The van der Waals surface area contributed by atoms with Crippen LogP contribution in [-0.2, 0) is 6.42 Å². The molecule has 0 spiro atoms. The van der Waals surface area contributed by atoms with E-state index < -0.39 is 16.8 Å². The number of carbonyl (C=O) groups excluding carboxylic acids is 1. The number of hydrogen-bond donors (Lipinski definition) is 3. The predicted octanol–water partition coefficient (Wildman–Crippen LogP) is 2.06. The lowest BCUT2D eigenvalue weighted by Crippen LogP contribution is -2.44. The Balaban J connectivity index is 1.81. The molecule has 0 aliphatic heterocycles. The van der Waals surface area contributed by atoms with Crippen molar-refractivity contribution in [2.75, 3.05) is 0 Å². The monoisotopic (exact) mass is 366 g/mol. The Morgan fingerprint density at radius 2 is 1.85 bits per heavy atom. The summed E-state index contributed by atoms with van der Waals surface area (Å²) in [6.07, 6.45) is 1.59. The number of nitrogens with one attached hydrogen (secondary N) is 3. The summed E-state index contributed by atoms with van der Waals surface area (Å²) < 4.78 is 0. The first-order chi connectivity index (χ1) is 12.7. The number of H-pyrrole nitrogens is 2. The van der Waals surface area contributed by atoms with Crippen LogP contribution in [-0.4, -0.2) is 26.4 Å². The molecule has 0 unspecified atom stereocenters.